The molecule has 3 aromatic rings. The van der Waals surface area contributed by atoms with E-state index in [1.54, 1.807) is 18.2 Å². The van der Waals surface area contributed by atoms with Crippen molar-refractivity contribution < 1.29 is 14.4 Å². The Hall–Kier alpha value is -3.15. The molecule has 0 atom stereocenters. The molecule has 3 rings (SSSR count). The van der Waals surface area contributed by atoms with Crippen molar-refractivity contribution in [2.75, 3.05) is 0 Å². The molecular weight excluding hydrogens is 298 g/mol. The van der Waals surface area contributed by atoms with Crippen LogP contribution in [0.2, 0.25) is 0 Å². The van der Waals surface area contributed by atoms with E-state index >= 15 is 0 Å². The predicted molar refractivity (Wildman–Crippen MR) is 84.8 cm³/mol. The topological polar surface area (TPSA) is 93.6 Å². The van der Waals surface area contributed by atoms with E-state index in [4.69, 9.17) is 4.42 Å². The van der Waals surface area contributed by atoms with Crippen molar-refractivity contribution in [3.05, 3.63) is 79.7 Å². The average molecular weight is 311 g/mol. The number of phenols is 1. The maximum absolute atomic E-state index is 12.2. The highest BCUT2D eigenvalue weighted by atomic mass is 16.6. The van der Waals surface area contributed by atoms with Crippen LogP contribution in [-0.4, -0.2) is 10.0 Å². The summed E-state index contributed by atoms with van der Waals surface area (Å²) in [5.41, 5.74) is 1.92. The van der Waals surface area contributed by atoms with Crippen LogP contribution >= 0.6 is 0 Å². The summed E-state index contributed by atoms with van der Waals surface area (Å²) in [6, 6.07) is 10.7. The van der Waals surface area contributed by atoms with Crippen molar-refractivity contribution >= 4 is 16.7 Å². The summed E-state index contributed by atoms with van der Waals surface area (Å²) in [4.78, 5) is 22.4. The standard InChI is InChI=1S/C17H13NO5/c1-10-14-7-6-13(19)9-16(14)23-17(20)15(10)8-11-2-4-12(5-3-11)18(21)22/h2-7,9,19H,8H2,1H3. The maximum atomic E-state index is 12.2. The smallest absolute Gasteiger partial charge is 0.340 e. The molecule has 0 saturated heterocycles. The lowest BCUT2D eigenvalue weighted by Crippen LogP contribution is -2.10. The van der Waals surface area contributed by atoms with Crippen LogP contribution in [0.5, 0.6) is 5.75 Å². The fourth-order valence-electron chi connectivity index (χ4n) is 2.53. The van der Waals surface area contributed by atoms with Gasteiger partial charge in [0, 0.05) is 35.6 Å². The fourth-order valence-corrected chi connectivity index (χ4v) is 2.53. The van der Waals surface area contributed by atoms with E-state index in [-0.39, 0.29) is 11.4 Å². The number of nitro groups is 1. The first-order valence-corrected chi connectivity index (χ1v) is 6.94. The minimum Gasteiger partial charge on any atom is -0.508 e. The highest BCUT2D eigenvalue weighted by Crippen LogP contribution is 2.24. The largest absolute Gasteiger partial charge is 0.508 e. The molecule has 2 aromatic carbocycles. The zero-order valence-corrected chi connectivity index (χ0v) is 12.3. The molecule has 0 saturated carbocycles. The first kappa shape index (κ1) is 14.8. The lowest BCUT2D eigenvalue weighted by Gasteiger charge is -2.08. The average Bonchev–Trinajstić information content (AvgIpc) is 2.51. The van der Waals surface area contributed by atoms with Crippen LogP contribution in [0.3, 0.4) is 0 Å². The molecule has 0 amide bonds. The molecule has 0 bridgehead atoms. The van der Waals surface area contributed by atoms with Crippen molar-refractivity contribution in [2.24, 2.45) is 0 Å². The molecule has 116 valence electrons. The number of nitro benzene ring substituents is 1. The lowest BCUT2D eigenvalue weighted by molar-refractivity contribution is -0.384. The molecule has 0 radical (unpaired) electrons. The molecule has 0 fully saturated rings. The minimum absolute atomic E-state index is 0.00601. The Morgan fingerprint density at radius 3 is 2.52 bits per heavy atom. The number of aromatic hydroxyl groups is 1. The van der Waals surface area contributed by atoms with Gasteiger partial charge >= 0.3 is 5.63 Å². The molecule has 6 nitrogen and oxygen atoms in total. The fraction of sp³-hybridized carbons (Fsp3) is 0.118. The highest BCUT2D eigenvalue weighted by Gasteiger charge is 2.13. The SMILES string of the molecule is Cc1c(Cc2ccc([N+](=O)[O-])cc2)c(=O)oc2cc(O)ccc12. The number of hydrogen-bond donors (Lipinski definition) is 1. The predicted octanol–water partition coefficient (Wildman–Crippen LogP) is 3.31. The Balaban J connectivity index is 2.04. The molecule has 0 spiro atoms. The molecule has 1 N–H and O–H groups in total. The third-order valence-electron chi connectivity index (χ3n) is 3.80. The second kappa shape index (κ2) is 5.57. The Morgan fingerprint density at radius 1 is 1.17 bits per heavy atom. The van der Waals surface area contributed by atoms with Crippen LogP contribution in [0, 0.1) is 17.0 Å². The number of phenolic OH excluding ortho intramolecular Hbond substituents is 1. The Bertz CT molecular complexity index is 957. The number of non-ortho nitro benzene ring substituents is 1. The van der Waals surface area contributed by atoms with E-state index < -0.39 is 10.5 Å². The van der Waals surface area contributed by atoms with E-state index in [0.717, 1.165) is 16.5 Å². The molecule has 0 aliphatic rings. The first-order valence-electron chi connectivity index (χ1n) is 6.94. The van der Waals surface area contributed by atoms with Gasteiger partial charge in [0.05, 0.1) is 4.92 Å². The van der Waals surface area contributed by atoms with Gasteiger partial charge in [-0.25, -0.2) is 4.79 Å². The van der Waals surface area contributed by atoms with Gasteiger partial charge < -0.3 is 9.52 Å². The zero-order valence-electron chi connectivity index (χ0n) is 12.3. The van der Waals surface area contributed by atoms with Crippen molar-refractivity contribution in [3.8, 4) is 5.75 Å². The Labute approximate surface area is 130 Å². The third-order valence-corrected chi connectivity index (χ3v) is 3.80. The summed E-state index contributed by atoms with van der Waals surface area (Å²) in [6.45, 7) is 1.82. The highest BCUT2D eigenvalue weighted by molar-refractivity contribution is 5.82. The van der Waals surface area contributed by atoms with Crippen LogP contribution in [0.4, 0.5) is 5.69 Å². The van der Waals surface area contributed by atoms with Gasteiger partial charge in [-0.2, -0.15) is 0 Å². The summed E-state index contributed by atoms with van der Waals surface area (Å²) in [6.07, 6.45) is 0.322. The molecule has 6 heteroatoms. The van der Waals surface area contributed by atoms with Crippen LogP contribution in [0.15, 0.2) is 51.7 Å². The number of fused-ring (bicyclic) bond motifs is 1. The van der Waals surface area contributed by atoms with Crippen molar-refractivity contribution in [1.29, 1.82) is 0 Å². The van der Waals surface area contributed by atoms with E-state index in [2.05, 4.69) is 0 Å². The molecule has 0 aliphatic heterocycles. The van der Waals surface area contributed by atoms with Gasteiger partial charge in [-0.05, 0) is 30.2 Å². The van der Waals surface area contributed by atoms with Crippen LogP contribution in [-0.2, 0) is 6.42 Å². The van der Waals surface area contributed by atoms with Gasteiger partial charge in [0.25, 0.3) is 5.69 Å². The van der Waals surface area contributed by atoms with Crippen LogP contribution in [0.1, 0.15) is 16.7 Å². The lowest BCUT2D eigenvalue weighted by atomic mass is 9.99. The monoisotopic (exact) mass is 311 g/mol. The van der Waals surface area contributed by atoms with E-state index in [9.17, 15) is 20.0 Å². The maximum Gasteiger partial charge on any atom is 0.340 e. The van der Waals surface area contributed by atoms with Gasteiger partial charge in [-0.15, -0.1) is 0 Å². The number of aryl methyl sites for hydroxylation is 1. The third kappa shape index (κ3) is 2.78. The van der Waals surface area contributed by atoms with Crippen LogP contribution in [0.25, 0.3) is 11.0 Å². The van der Waals surface area contributed by atoms with Gasteiger partial charge in [-0.1, -0.05) is 12.1 Å². The van der Waals surface area contributed by atoms with E-state index in [0.29, 0.717) is 17.6 Å². The first-order chi connectivity index (χ1) is 11.0. The second-order valence-electron chi connectivity index (χ2n) is 5.27. The van der Waals surface area contributed by atoms with Gasteiger partial charge in [0.2, 0.25) is 0 Å². The van der Waals surface area contributed by atoms with Crippen molar-refractivity contribution in [3.63, 3.8) is 0 Å². The Morgan fingerprint density at radius 2 is 1.87 bits per heavy atom. The molecular formula is C17H13NO5. The number of benzene rings is 2. The molecule has 1 heterocycles. The molecule has 23 heavy (non-hydrogen) atoms. The Kier molecular flexibility index (Phi) is 3.57. The summed E-state index contributed by atoms with van der Waals surface area (Å²) >= 11 is 0. The molecule has 0 unspecified atom stereocenters. The van der Waals surface area contributed by atoms with E-state index in [1.165, 1.54) is 24.3 Å². The zero-order chi connectivity index (χ0) is 16.6. The summed E-state index contributed by atoms with van der Waals surface area (Å²) in [5.74, 6) is 0.0307. The number of nitrogens with zero attached hydrogens (tertiary/aromatic N) is 1. The number of hydrogen-bond acceptors (Lipinski definition) is 5. The van der Waals surface area contributed by atoms with Gasteiger partial charge in [0.1, 0.15) is 11.3 Å². The summed E-state index contributed by atoms with van der Waals surface area (Å²) in [5, 5.41) is 20.9. The van der Waals surface area contributed by atoms with Crippen molar-refractivity contribution in [2.45, 2.75) is 13.3 Å². The molecule has 1 aromatic heterocycles. The normalized spacial score (nSPS) is 10.8. The molecule has 0 aliphatic carbocycles. The van der Waals surface area contributed by atoms with E-state index in [1.807, 2.05) is 6.92 Å². The van der Waals surface area contributed by atoms with Crippen molar-refractivity contribution in [1.82, 2.24) is 0 Å². The number of rotatable bonds is 3. The second-order valence-corrected chi connectivity index (χ2v) is 5.27. The summed E-state index contributed by atoms with van der Waals surface area (Å²) in [7, 11) is 0. The minimum atomic E-state index is -0.473. The summed E-state index contributed by atoms with van der Waals surface area (Å²) < 4.78 is 5.26. The van der Waals surface area contributed by atoms with Gasteiger partial charge in [0.15, 0.2) is 0 Å². The van der Waals surface area contributed by atoms with Crippen LogP contribution < -0.4 is 5.63 Å². The van der Waals surface area contributed by atoms with Gasteiger partial charge in [-0.3, -0.25) is 10.1 Å². The quantitative estimate of drug-likeness (QED) is 0.455.